The second-order valence-electron chi connectivity index (χ2n) is 4.52. The van der Waals surface area contributed by atoms with Crippen molar-refractivity contribution >= 4 is 5.97 Å². The first kappa shape index (κ1) is 13.3. The Kier molecular flexibility index (Phi) is 4.00. The molecule has 2 rings (SSSR count). The lowest BCUT2D eigenvalue weighted by Crippen LogP contribution is -2.05. The Morgan fingerprint density at radius 2 is 2.00 bits per heavy atom. The van der Waals surface area contributed by atoms with Crippen LogP contribution in [0.1, 0.15) is 34.0 Å². The summed E-state index contributed by atoms with van der Waals surface area (Å²) in [4.78, 5) is 11.6. The smallest absolute Gasteiger partial charge is 0.341 e. The van der Waals surface area contributed by atoms with Gasteiger partial charge < -0.3 is 4.74 Å². The molecule has 0 aliphatic rings. The molecule has 0 fully saturated rings. The number of carbonyl (C=O) groups excluding carboxylic acids is 1. The number of rotatable bonds is 4. The monoisotopic (exact) mass is 258 g/mol. The van der Waals surface area contributed by atoms with Crippen LogP contribution >= 0.6 is 0 Å². The number of ether oxygens (including phenoxy) is 1. The average Bonchev–Trinajstić information content (AvgIpc) is 2.83. The number of aryl methyl sites for hydroxylation is 2. The van der Waals surface area contributed by atoms with Crippen molar-refractivity contribution < 1.29 is 9.53 Å². The minimum Gasteiger partial charge on any atom is -0.462 e. The third kappa shape index (κ3) is 3.02. The van der Waals surface area contributed by atoms with E-state index < -0.39 is 0 Å². The van der Waals surface area contributed by atoms with Gasteiger partial charge in [0.2, 0.25) is 0 Å². The number of carbonyl (C=O) groups is 1. The largest absolute Gasteiger partial charge is 0.462 e. The Hall–Kier alpha value is -2.10. The molecule has 2 aromatic rings. The molecule has 4 heteroatoms. The summed E-state index contributed by atoms with van der Waals surface area (Å²) in [6.07, 6.45) is 3.27. The molecule has 0 N–H and O–H groups in total. The van der Waals surface area contributed by atoms with E-state index in [1.165, 1.54) is 16.7 Å². The summed E-state index contributed by atoms with van der Waals surface area (Å²) in [5, 5.41) is 4.21. The molecule has 0 bridgehead atoms. The molecule has 1 aromatic heterocycles. The van der Waals surface area contributed by atoms with Gasteiger partial charge in [-0.2, -0.15) is 5.10 Å². The van der Waals surface area contributed by atoms with Crippen LogP contribution in [0.25, 0.3) is 0 Å². The van der Waals surface area contributed by atoms with Crippen LogP contribution in [0.4, 0.5) is 0 Å². The fourth-order valence-corrected chi connectivity index (χ4v) is 2.03. The van der Waals surface area contributed by atoms with Crippen molar-refractivity contribution in [1.82, 2.24) is 9.78 Å². The highest BCUT2D eigenvalue weighted by Gasteiger charge is 2.10. The lowest BCUT2D eigenvalue weighted by atomic mass is 10.0. The molecule has 0 atom stereocenters. The zero-order valence-electron chi connectivity index (χ0n) is 11.5. The van der Waals surface area contributed by atoms with Crippen molar-refractivity contribution in [3.8, 4) is 0 Å². The van der Waals surface area contributed by atoms with Crippen LogP contribution in [0.2, 0.25) is 0 Å². The maximum Gasteiger partial charge on any atom is 0.341 e. The van der Waals surface area contributed by atoms with E-state index in [9.17, 15) is 4.79 Å². The van der Waals surface area contributed by atoms with Crippen LogP contribution in [-0.2, 0) is 11.3 Å². The molecule has 4 nitrogen and oxygen atoms in total. The summed E-state index contributed by atoms with van der Waals surface area (Å²) in [5.74, 6) is -0.324. The summed E-state index contributed by atoms with van der Waals surface area (Å²) >= 11 is 0. The van der Waals surface area contributed by atoms with E-state index in [-0.39, 0.29) is 5.97 Å². The van der Waals surface area contributed by atoms with Crippen LogP contribution in [0.15, 0.2) is 30.6 Å². The van der Waals surface area contributed by atoms with Gasteiger partial charge in [0.15, 0.2) is 0 Å². The lowest BCUT2D eigenvalue weighted by Gasteiger charge is -2.09. The molecule has 1 heterocycles. The number of hydrogen-bond acceptors (Lipinski definition) is 3. The molecule has 0 saturated heterocycles. The standard InChI is InChI=1S/C15H18N2O2/c1-4-19-15(18)13-8-16-17(9-13)10-14-11(2)6-5-7-12(14)3/h5-9H,4,10H2,1-3H3. The van der Waals surface area contributed by atoms with Gasteiger partial charge in [0.25, 0.3) is 0 Å². The number of nitrogens with zero attached hydrogens (tertiary/aromatic N) is 2. The second-order valence-corrected chi connectivity index (χ2v) is 4.52. The van der Waals surface area contributed by atoms with Crippen molar-refractivity contribution in [3.63, 3.8) is 0 Å². The maximum atomic E-state index is 11.6. The minimum absolute atomic E-state index is 0.324. The van der Waals surface area contributed by atoms with Gasteiger partial charge in [-0.25, -0.2) is 4.79 Å². The molecule has 0 saturated carbocycles. The van der Waals surface area contributed by atoms with Gasteiger partial charge in [-0.3, -0.25) is 4.68 Å². The fraction of sp³-hybridized carbons (Fsp3) is 0.333. The predicted octanol–water partition coefficient (Wildman–Crippen LogP) is 2.72. The Balaban J connectivity index is 2.18. The van der Waals surface area contributed by atoms with E-state index in [2.05, 4.69) is 31.1 Å². The molecule has 0 spiro atoms. The van der Waals surface area contributed by atoms with E-state index in [0.29, 0.717) is 18.7 Å². The molecule has 1 aromatic carbocycles. The quantitative estimate of drug-likeness (QED) is 0.792. The zero-order chi connectivity index (χ0) is 13.8. The highest BCUT2D eigenvalue weighted by molar-refractivity contribution is 5.88. The molecular weight excluding hydrogens is 240 g/mol. The minimum atomic E-state index is -0.324. The summed E-state index contributed by atoms with van der Waals surface area (Å²) in [6, 6.07) is 6.21. The second kappa shape index (κ2) is 5.69. The number of benzene rings is 1. The van der Waals surface area contributed by atoms with Crippen molar-refractivity contribution in [2.24, 2.45) is 0 Å². The highest BCUT2D eigenvalue weighted by Crippen LogP contribution is 2.15. The Bertz CT molecular complexity index is 567. The molecular formula is C15H18N2O2. The first-order valence-corrected chi connectivity index (χ1v) is 6.36. The van der Waals surface area contributed by atoms with Crippen LogP contribution in [0, 0.1) is 13.8 Å². The van der Waals surface area contributed by atoms with Gasteiger partial charge in [-0.15, -0.1) is 0 Å². The van der Waals surface area contributed by atoms with E-state index in [1.54, 1.807) is 24.0 Å². The number of hydrogen-bond donors (Lipinski definition) is 0. The van der Waals surface area contributed by atoms with Crippen LogP contribution in [-0.4, -0.2) is 22.4 Å². The van der Waals surface area contributed by atoms with E-state index in [4.69, 9.17) is 4.74 Å². The SMILES string of the molecule is CCOC(=O)c1cnn(Cc2c(C)cccc2C)c1. The third-order valence-corrected chi connectivity index (χ3v) is 3.11. The molecule has 0 unspecified atom stereocenters. The van der Waals surface area contributed by atoms with Crippen LogP contribution in [0.5, 0.6) is 0 Å². The van der Waals surface area contributed by atoms with Gasteiger partial charge in [-0.05, 0) is 37.5 Å². The Morgan fingerprint density at radius 1 is 1.32 bits per heavy atom. The van der Waals surface area contributed by atoms with Gasteiger partial charge in [0.05, 0.1) is 24.9 Å². The van der Waals surface area contributed by atoms with Gasteiger partial charge >= 0.3 is 5.97 Å². The van der Waals surface area contributed by atoms with E-state index in [0.717, 1.165) is 0 Å². The normalized spacial score (nSPS) is 10.5. The van der Waals surface area contributed by atoms with Crippen molar-refractivity contribution in [2.45, 2.75) is 27.3 Å². The van der Waals surface area contributed by atoms with Gasteiger partial charge in [0, 0.05) is 6.20 Å². The van der Waals surface area contributed by atoms with Crippen LogP contribution in [0.3, 0.4) is 0 Å². The predicted molar refractivity (Wildman–Crippen MR) is 73.2 cm³/mol. The molecule has 100 valence electrons. The van der Waals surface area contributed by atoms with Crippen molar-refractivity contribution in [3.05, 3.63) is 52.8 Å². The van der Waals surface area contributed by atoms with Crippen molar-refractivity contribution in [1.29, 1.82) is 0 Å². The molecule has 19 heavy (non-hydrogen) atoms. The average molecular weight is 258 g/mol. The summed E-state index contributed by atoms with van der Waals surface area (Å²) < 4.78 is 6.71. The van der Waals surface area contributed by atoms with Crippen molar-refractivity contribution in [2.75, 3.05) is 6.61 Å². The summed E-state index contributed by atoms with van der Waals surface area (Å²) in [5.41, 5.74) is 4.19. The fourth-order valence-electron chi connectivity index (χ4n) is 2.03. The lowest BCUT2D eigenvalue weighted by molar-refractivity contribution is 0.0526. The molecule has 0 aliphatic heterocycles. The first-order chi connectivity index (χ1) is 9.11. The van der Waals surface area contributed by atoms with E-state index in [1.807, 2.05) is 6.07 Å². The van der Waals surface area contributed by atoms with Gasteiger partial charge in [0.1, 0.15) is 0 Å². The Morgan fingerprint density at radius 3 is 2.63 bits per heavy atom. The highest BCUT2D eigenvalue weighted by atomic mass is 16.5. The number of aromatic nitrogens is 2. The number of esters is 1. The molecule has 0 radical (unpaired) electrons. The molecule has 0 amide bonds. The first-order valence-electron chi connectivity index (χ1n) is 6.36. The Labute approximate surface area is 113 Å². The molecule has 0 aliphatic carbocycles. The summed E-state index contributed by atoms with van der Waals surface area (Å²) in [7, 11) is 0. The topological polar surface area (TPSA) is 44.1 Å². The summed E-state index contributed by atoms with van der Waals surface area (Å²) in [6.45, 7) is 6.99. The van der Waals surface area contributed by atoms with E-state index >= 15 is 0 Å². The maximum absolute atomic E-state index is 11.6. The van der Waals surface area contributed by atoms with Crippen LogP contribution < -0.4 is 0 Å². The zero-order valence-corrected chi connectivity index (χ0v) is 11.5. The third-order valence-electron chi connectivity index (χ3n) is 3.11. The van der Waals surface area contributed by atoms with Gasteiger partial charge in [-0.1, -0.05) is 18.2 Å².